The molecule has 2 aliphatic rings. The maximum absolute atomic E-state index is 13.7. The van der Waals surface area contributed by atoms with E-state index < -0.39 is 5.82 Å². The fourth-order valence-corrected chi connectivity index (χ4v) is 2.98. The summed E-state index contributed by atoms with van der Waals surface area (Å²) in [5, 5.41) is 6.18. The minimum atomic E-state index is -0.465. The van der Waals surface area contributed by atoms with Gasteiger partial charge in [-0.3, -0.25) is 4.79 Å². The number of carbonyl (C=O) groups excluding carboxylic acids is 1. The molecule has 0 radical (unpaired) electrons. The molecule has 1 aliphatic heterocycles. The van der Waals surface area contributed by atoms with Gasteiger partial charge in [0.2, 0.25) is 5.91 Å². The van der Waals surface area contributed by atoms with Crippen molar-refractivity contribution in [2.75, 3.05) is 17.7 Å². The van der Waals surface area contributed by atoms with Crippen LogP contribution in [0.3, 0.4) is 0 Å². The van der Waals surface area contributed by atoms with Gasteiger partial charge in [-0.1, -0.05) is 12.8 Å². The average Bonchev–Trinajstić information content (AvgIpc) is 2.54. The molecule has 2 unspecified atom stereocenters. The highest BCUT2D eigenvalue weighted by Crippen LogP contribution is 2.37. The minimum Gasteiger partial charge on any atom is -0.494 e. The number of fused-ring (bicyclic) bond motifs is 2. The number of anilines is 2. The zero-order valence-corrected chi connectivity index (χ0v) is 10.8. The third-order valence-electron chi connectivity index (χ3n) is 3.99. The summed E-state index contributed by atoms with van der Waals surface area (Å²) in [6.45, 7) is 0. The van der Waals surface area contributed by atoms with Gasteiger partial charge in [-0.2, -0.15) is 0 Å². The van der Waals surface area contributed by atoms with Crippen LogP contribution in [0.15, 0.2) is 12.1 Å². The molecule has 1 aromatic rings. The van der Waals surface area contributed by atoms with Gasteiger partial charge in [0.15, 0.2) is 11.6 Å². The van der Waals surface area contributed by atoms with E-state index in [1.54, 1.807) is 6.07 Å². The second-order valence-corrected chi connectivity index (χ2v) is 5.16. The first-order valence-electron chi connectivity index (χ1n) is 6.64. The molecule has 5 heteroatoms. The van der Waals surface area contributed by atoms with Gasteiger partial charge in [0, 0.05) is 18.2 Å². The Hall–Kier alpha value is -1.78. The molecule has 1 amide bonds. The molecule has 1 heterocycles. The molecular weight excluding hydrogens is 247 g/mol. The Morgan fingerprint density at radius 1 is 1.26 bits per heavy atom. The number of methoxy groups -OCH3 is 1. The van der Waals surface area contributed by atoms with E-state index in [0.717, 1.165) is 31.4 Å². The number of hydrogen-bond donors (Lipinski definition) is 2. The summed E-state index contributed by atoms with van der Waals surface area (Å²) >= 11 is 0. The van der Waals surface area contributed by atoms with E-state index in [4.69, 9.17) is 4.74 Å². The Labute approximate surface area is 111 Å². The molecule has 3 rings (SSSR count). The van der Waals surface area contributed by atoms with Crippen LogP contribution >= 0.6 is 0 Å². The lowest BCUT2D eigenvalue weighted by Crippen LogP contribution is -2.37. The first-order valence-corrected chi connectivity index (χ1v) is 6.64. The zero-order chi connectivity index (χ0) is 13.4. The van der Waals surface area contributed by atoms with Crippen LogP contribution in [-0.2, 0) is 4.79 Å². The number of benzene rings is 1. The first kappa shape index (κ1) is 12.3. The van der Waals surface area contributed by atoms with Crippen molar-refractivity contribution in [3.8, 4) is 5.75 Å². The number of halogens is 1. The number of rotatable bonds is 1. The molecule has 4 nitrogen and oxygen atoms in total. The molecule has 0 spiro atoms. The molecule has 19 heavy (non-hydrogen) atoms. The van der Waals surface area contributed by atoms with Crippen LogP contribution in [0.1, 0.15) is 25.7 Å². The van der Waals surface area contributed by atoms with Crippen LogP contribution in [0.4, 0.5) is 15.8 Å². The van der Waals surface area contributed by atoms with E-state index in [9.17, 15) is 9.18 Å². The number of nitrogens with one attached hydrogen (secondary N) is 2. The molecule has 102 valence electrons. The maximum atomic E-state index is 13.7. The van der Waals surface area contributed by atoms with Crippen molar-refractivity contribution < 1.29 is 13.9 Å². The highest BCUT2D eigenvalue weighted by atomic mass is 19.1. The van der Waals surface area contributed by atoms with Crippen molar-refractivity contribution in [3.05, 3.63) is 17.9 Å². The van der Waals surface area contributed by atoms with Crippen LogP contribution in [-0.4, -0.2) is 19.1 Å². The van der Waals surface area contributed by atoms with Gasteiger partial charge in [-0.25, -0.2) is 4.39 Å². The van der Waals surface area contributed by atoms with Crippen LogP contribution in [0, 0.1) is 11.7 Å². The lowest BCUT2D eigenvalue weighted by atomic mass is 9.84. The molecule has 2 atom stereocenters. The largest absolute Gasteiger partial charge is 0.494 e. The Bertz CT molecular complexity index is 518. The van der Waals surface area contributed by atoms with Crippen molar-refractivity contribution >= 4 is 17.3 Å². The van der Waals surface area contributed by atoms with Crippen molar-refractivity contribution in [1.29, 1.82) is 0 Å². The molecule has 1 aliphatic carbocycles. The predicted molar refractivity (Wildman–Crippen MR) is 71.0 cm³/mol. The quantitative estimate of drug-likeness (QED) is 0.820. The molecule has 0 aromatic heterocycles. The summed E-state index contributed by atoms with van der Waals surface area (Å²) in [4.78, 5) is 12.2. The number of ether oxygens (including phenoxy) is 1. The van der Waals surface area contributed by atoms with Crippen molar-refractivity contribution in [3.63, 3.8) is 0 Å². The van der Waals surface area contributed by atoms with Gasteiger partial charge >= 0.3 is 0 Å². The average molecular weight is 264 g/mol. The summed E-state index contributed by atoms with van der Waals surface area (Å²) in [5.74, 6) is -0.321. The molecule has 1 fully saturated rings. The fraction of sp³-hybridized carbons (Fsp3) is 0.500. The monoisotopic (exact) mass is 264 g/mol. The van der Waals surface area contributed by atoms with Crippen molar-refractivity contribution in [2.45, 2.75) is 31.7 Å². The molecular formula is C14H17FN2O2. The van der Waals surface area contributed by atoms with E-state index in [1.807, 2.05) is 0 Å². The Morgan fingerprint density at radius 3 is 2.84 bits per heavy atom. The second-order valence-electron chi connectivity index (χ2n) is 5.16. The molecule has 1 saturated carbocycles. The summed E-state index contributed by atoms with van der Waals surface area (Å²) in [6, 6.07) is 3.06. The van der Waals surface area contributed by atoms with Gasteiger partial charge in [-0.05, 0) is 12.8 Å². The summed E-state index contributed by atoms with van der Waals surface area (Å²) in [7, 11) is 1.43. The highest BCUT2D eigenvalue weighted by molar-refractivity contribution is 5.98. The van der Waals surface area contributed by atoms with Gasteiger partial charge in [0.25, 0.3) is 0 Å². The van der Waals surface area contributed by atoms with Gasteiger partial charge in [-0.15, -0.1) is 0 Å². The topological polar surface area (TPSA) is 50.4 Å². The molecule has 0 saturated heterocycles. The van der Waals surface area contributed by atoms with Gasteiger partial charge < -0.3 is 15.4 Å². The zero-order valence-electron chi connectivity index (χ0n) is 10.8. The predicted octanol–water partition coefficient (Wildman–Crippen LogP) is 2.76. The Balaban J connectivity index is 2.00. The smallest absolute Gasteiger partial charge is 0.229 e. The molecule has 0 bridgehead atoms. The van der Waals surface area contributed by atoms with E-state index in [0.29, 0.717) is 5.69 Å². The Kier molecular flexibility index (Phi) is 3.05. The third-order valence-corrected chi connectivity index (χ3v) is 3.99. The molecule has 1 aromatic carbocycles. The van der Waals surface area contributed by atoms with Crippen LogP contribution in [0.5, 0.6) is 5.75 Å². The minimum absolute atomic E-state index is 0.0134. The summed E-state index contributed by atoms with van der Waals surface area (Å²) < 4.78 is 18.7. The standard InChI is InChI=1S/C14H17FN2O2/c1-19-13-7-12-11(6-9(13)15)17-14(18)8-4-2-3-5-10(8)16-12/h6-8,10,16H,2-5H2,1H3,(H,17,18). The number of carbonyl (C=O) groups is 1. The summed E-state index contributed by atoms with van der Waals surface area (Å²) in [6.07, 6.45) is 4.05. The lowest BCUT2D eigenvalue weighted by Gasteiger charge is -2.29. The first-order chi connectivity index (χ1) is 9.19. The second kappa shape index (κ2) is 4.72. The third kappa shape index (κ3) is 2.13. The van der Waals surface area contributed by atoms with Gasteiger partial charge in [0.1, 0.15) is 0 Å². The van der Waals surface area contributed by atoms with Crippen molar-refractivity contribution in [2.24, 2.45) is 5.92 Å². The molecule has 2 N–H and O–H groups in total. The van der Waals surface area contributed by atoms with E-state index >= 15 is 0 Å². The SMILES string of the molecule is COc1cc2c(cc1F)NC(=O)C1CCCCC1N2. The summed E-state index contributed by atoms with van der Waals surface area (Å²) in [5.41, 5.74) is 1.23. The number of amides is 1. The maximum Gasteiger partial charge on any atom is 0.229 e. The Morgan fingerprint density at radius 2 is 2.05 bits per heavy atom. The highest BCUT2D eigenvalue weighted by Gasteiger charge is 2.34. The van der Waals surface area contributed by atoms with E-state index in [2.05, 4.69) is 10.6 Å². The fourth-order valence-electron chi connectivity index (χ4n) is 2.98. The van der Waals surface area contributed by atoms with Crippen LogP contribution in [0.25, 0.3) is 0 Å². The number of hydrogen-bond acceptors (Lipinski definition) is 3. The van der Waals surface area contributed by atoms with Crippen molar-refractivity contribution in [1.82, 2.24) is 0 Å². The van der Waals surface area contributed by atoms with Crippen LogP contribution in [0.2, 0.25) is 0 Å². The van der Waals surface area contributed by atoms with E-state index in [1.165, 1.54) is 13.2 Å². The lowest BCUT2D eigenvalue weighted by molar-refractivity contribution is -0.120. The van der Waals surface area contributed by atoms with E-state index in [-0.39, 0.29) is 23.6 Å². The van der Waals surface area contributed by atoms with Crippen LogP contribution < -0.4 is 15.4 Å². The normalized spacial score (nSPS) is 25.5. The van der Waals surface area contributed by atoms with Gasteiger partial charge in [0.05, 0.1) is 24.4 Å².